The van der Waals surface area contributed by atoms with Gasteiger partial charge in [0.15, 0.2) is 0 Å². The Labute approximate surface area is 128 Å². The number of benzene rings is 1. The van der Waals surface area contributed by atoms with Crippen molar-refractivity contribution in [3.8, 4) is 0 Å². The van der Waals surface area contributed by atoms with Crippen LogP contribution < -0.4 is 10.6 Å². The molecule has 22 heavy (non-hydrogen) atoms. The Morgan fingerprint density at radius 1 is 1.41 bits per heavy atom. The van der Waals surface area contributed by atoms with E-state index in [1.807, 2.05) is 6.07 Å². The largest absolute Gasteiger partial charge is 0.466 e. The number of methoxy groups -OCH3 is 1. The van der Waals surface area contributed by atoms with E-state index in [2.05, 4.69) is 15.4 Å². The molecule has 0 saturated heterocycles. The second-order valence-corrected chi connectivity index (χ2v) is 4.85. The van der Waals surface area contributed by atoms with Gasteiger partial charge >= 0.3 is 5.97 Å². The predicted octanol–water partition coefficient (Wildman–Crippen LogP) is 0.822. The molecule has 116 valence electrons. The van der Waals surface area contributed by atoms with E-state index in [0.29, 0.717) is 30.6 Å². The highest BCUT2D eigenvalue weighted by Crippen LogP contribution is 2.15. The summed E-state index contributed by atoms with van der Waals surface area (Å²) >= 11 is 0. The Morgan fingerprint density at radius 3 is 3.00 bits per heavy atom. The number of carbonyl (C=O) groups excluding carboxylic acids is 3. The van der Waals surface area contributed by atoms with Crippen LogP contribution in [0.3, 0.4) is 0 Å². The van der Waals surface area contributed by atoms with E-state index in [1.54, 1.807) is 18.2 Å². The van der Waals surface area contributed by atoms with Crippen molar-refractivity contribution in [1.29, 1.82) is 0 Å². The molecule has 0 atom stereocenters. The monoisotopic (exact) mass is 302 g/mol. The molecule has 1 aliphatic rings. The first-order valence-electron chi connectivity index (χ1n) is 7.05. The molecule has 1 aliphatic heterocycles. The molecule has 0 fully saturated rings. The highest BCUT2D eigenvalue weighted by molar-refractivity contribution is 6.01. The van der Waals surface area contributed by atoms with Gasteiger partial charge in [0, 0.05) is 30.3 Å². The van der Waals surface area contributed by atoms with Gasteiger partial charge in [0.05, 0.1) is 7.11 Å². The molecule has 0 unspecified atom stereocenters. The Hall–Kier alpha value is -2.63. The molecule has 2 rings (SSSR count). The predicted molar refractivity (Wildman–Crippen MR) is 80.6 cm³/mol. The molecular formula is C16H18N2O4. The Balaban J connectivity index is 1.90. The average Bonchev–Trinajstić information content (AvgIpc) is 2.54. The normalized spacial score (nSPS) is 13.4. The van der Waals surface area contributed by atoms with E-state index < -0.39 is 5.97 Å². The van der Waals surface area contributed by atoms with Crippen molar-refractivity contribution in [1.82, 2.24) is 10.6 Å². The van der Waals surface area contributed by atoms with Crippen molar-refractivity contribution in [3.05, 3.63) is 47.0 Å². The summed E-state index contributed by atoms with van der Waals surface area (Å²) in [5, 5.41) is 5.50. The average molecular weight is 302 g/mol. The summed E-state index contributed by atoms with van der Waals surface area (Å²) in [4.78, 5) is 34.7. The third-order valence-corrected chi connectivity index (χ3v) is 3.35. The number of esters is 1. The van der Waals surface area contributed by atoms with Crippen LogP contribution in [0.1, 0.15) is 32.7 Å². The van der Waals surface area contributed by atoms with E-state index >= 15 is 0 Å². The van der Waals surface area contributed by atoms with Gasteiger partial charge in [-0.05, 0) is 30.5 Å². The van der Waals surface area contributed by atoms with Gasteiger partial charge in [-0.2, -0.15) is 0 Å². The number of hydrogen-bond donors (Lipinski definition) is 2. The smallest absolute Gasteiger partial charge is 0.330 e. The van der Waals surface area contributed by atoms with E-state index in [-0.39, 0.29) is 11.8 Å². The SMILES string of the molecule is COC(=O)/C=C/CCNC(=O)c1ccc2c(c1)C(=O)NCC2. The van der Waals surface area contributed by atoms with Gasteiger partial charge < -0.3 is 15.4 Å². The lowest BCUT2D eigenvalue weighted by Crippen LogP contribution is -2.32. The molecule has 2 N–H and O–H groups in total. The summed E-state index contributed by atoms with van der Waals surface area (Å²) in [6, 6.07) is 5.15. The summed E-state index contributed by atoms with van der Waals surface area (Å²) < 4.78 is 4.46. The topological polar surface area (TPSA) is 84.5 Å². The quantitative estimate of drug-likeness (QED) is 0.479. The van der Waals surface area contributed by atoms with Gasteiger partial charge in [-0.1, -0.05) is 12.1 Å². The Morgan fingerprint density at radius 2 is 2.23 bits per heavy atom. The van der Waals surface area contributed by atoms with E-state index in [9.17, 15) is 14.4 Å². The van der Waals surface area contributed by atoms with Crippen LogP contribution in [0.2, 0.25) is 0 Å². The first-order valence-corrected chi connectivity index (χ1v) is 7.05. The van der Waals surface area contributed by atoms with Crippen LogP contribution in [0.4, 0.5) is 0 Å². The molecule has 0 aliphatic carbocycles. The molecule has 0 aromatic heterocycles. The molecule has 0 saturated carbocycles. The van der Waals surface area contributed by atoms with Crippen LogP contribution in [-0.4, -0.2) is 38.0 Å². The van der Waals surface area contributed by atoms with Gasteiger partial charge in [-0.3, -0.25) is 9.59 Å². The van der Waals surface area contributed by atoms with Gasteiger partial charge in [-0.15, -0.1) is 0 Å². The highest BCUT2D eigenvalue weighted by atomic mass is 16.5. The third kappa shape index (κ3) is 3.94. The minimum Gasteiger partial charge on any atom is -0.466 e. The lowest BCUT2D eigenvalue weighted by Gasteiger charge is -2.17. The zero-order valence-corrected chi connectivity index (χ0v) is 12.3. The van der Waals surface area contributed by atoms with Crippen LogP contribution in [0.25, 0.3) is 0 Å². The first kappa shape index (κ1) is 15.8. The number of nitrogens with one attached hydrogen (secondary N) is 2. The number of amides is 2. The number of ether oxygens (including phenoxy) is 1. The molecule has 6 nitrogen and oxygen atoms in total. The maximum atomic E-state index is 12.0. The minimum atomic E-state index is -0.424. The Kier molecular flexibility index (Phi) is 5.30. The Bertz CT molecular complexity index is 623. The van der Waals surface area contributed by atoms with Crippen molar-refractivity contribution < 1.29 is 19.1 Å². The zero-order valence-electron chi connectivity index (χ0n) is 12.3. The second kappa shape index (κ2) is 7.40. The fourth-order valence-corrected chi connectivity index (χ4v) is 2.17. The number of rotatable bonds is 5. The fraction of sp³-hybridized carbons (Fsp3) is 0.312. The molecule has 0 radical (unpaired) electrons. The van der Waals surface area contributed by atoms with Crippen LogP contribution in [0.15, 0.2) is 30.4 Å². The molecule has 0 bridgehead atoms. The number of carbonyl (C=O) groups is 3. The summed E-state index contributed by atoms with van der Waals surface area (Å²) in [5.74, 6) is -0.809. The summed E-state index contributed by atoms with van der Waals surface area (Å²) in [6.07, 6.45) is 4.25. The lowest BCUT2D eigenvalue weighted by molar-refractivity contribution is -0.134. The molecule has 2 amide bonds. The van der Waals surface area contributed by atoms with Gasteiger partial charge in [0.25, 0.3) is 11.8 Å². The summed E-state index contributed by atoms with van der Waals surface area (Å²) in [5.41, 5.74) is 1.97. The minimum absolute atomic E-state index is 0.142. The van der Waals surface area contributed by atoms with Crippen molar-refractivity contribution >= 4 is 17.8 Å². The zero-order chi connectivity index (χ0) is 15.9. The van der Waals surface area contributed by atoms with Gasteiger partial charge in [0.1, 0.15) is 0 Å². The second-order valence-electron chi connectivity index (χ2n) is 4.85. The molecule has 6 heteroatoms. The first-order chi connectivity index (χ1) is 10.6. The lowest BCUT2D eigenvalue weighted by atomic mass is 9.97. The van der Waals surface area contributed by atoms with Crippen molar-refractivity contribution in [2.24, 2.45) is 0 Å². The van der Waals surface area contributed by atoms with Gasteiger partial charge in [0.2, 0.25) is 0 Å². The molecular weight excluding hydrogens is 284 g/mol. The molecule has 1 aromatic carbocycles. The maximum Gasteiger partial charge on any atom is 0.330 e. The van der Waals surface area contributed by atoms with Crippen LogP contribution in [0.5, 0.6) is 0 Å². The third-order valence-electron chi connectivity index (χ3n) is 3.35. The van der Waals surface area contributed by atoms with Crippen LogP contribution in [-0.2, 0) is 16.0 Å². The maximum absolute atomic E-state index is 12.0. The molecule has 0 spiro atoms. The van der Waals surface area contributed by atoms with Gasteiger partial charge in [-0.25, -0.2) is 4.79 Å². The summed E-state index contributed by atoms with van der Waals surface area (Å²) in [7, 11) is 1.31. The number of fused-ring (bicyclic) bond motifs is 1. The van der Waals surface area contributed by atoms with Crippen LogP contribution in [0, 0.1) is 0 Å². The van der Waals surface area contributed by atoms with E-state index in [0.717, 1.165) is 12.0 Å². The van der Waals surface area contributed by atoms with Crippen LogP contribution >= 0.6 is 0 Å². The highest BCUT2D eigenvalue weighted by Gasteiger charge is 2.18. The fourth-order valence-electron chi connectivity index (χ4n) is 2.17. The standard InChI is InChI=1S/C16H18N2O4/c1-22-14(19)4-2-3-8-17-15(20)12-6-5-11-7-9-18-16(21)13(11)10-12/h2,4-6,10H,3,7-9H2,1H3,(H,17,20)(H,18,21)/b4-2+. The van der Waals surface area contributed by atoms with Crippen molar-refractivity contribution in [3.63, 3.8) is 0 Å². The van der Waals surface area contributed by atoms with E-state index in [1.165, 1.54) is 13.2 Å². The molecule has 1 aromatic rings. The van der Waals surface area contributed by atoms with Crippen molar-refractivity contribution in [2.75, 3.05) is 20.2 Å². The molecule has 1 heterocycles. The summed E-state index contributed by atoms with van der Waals surface area (Å²) in [6.45, 7) is 1.03. The van der Waals surface area contributed by atoms with E-state index in [4.69, 9.17) is 0 Å². The number of hydrogen-bond acceptors (Lipinski definition) is 4. The van der Waals surface area contributed by atoms with Crippen molar-refractivity contribution in [2.45, 2.75) is 12.8 Å².